The molecule has 2 aromatic carbocycles. The molecule has 2 aromatic rings. The zero-order valence-corrected chi connectivity index (χ0v) is 16.3. The van der Waals surface area contributed by atoms with E-state index in [1.165, 1.54) is 7.11 Å². The van der Waals surface area contributed by atoms with E-state index in [0.29, 0.717) is 22.1 Å². The van der Waals surface area contributed by atoms with Crippen LogP contribution in [0.4, 0.5) is 10.5 Å². The van der Waals surface area contributed by atoms with Crippen molar-refractivity contribution >= 4 is 50.3 Å². The van der Waals surface area contributed by atoms with Gasteiger partial charge in [-0.3, -0.25) is 5.21 Å². The first-order valence-corrected chi connectivity index (χ1v) is 8.54. The minimum Gasteiger partial charge on any atom is -0.488 e. The lowest BCUT2D eigenvalue weighted by Gasteiger charge is -2.19. The first-order chi connectivity index (χ1) is 10.9. The van der Waals surface area contributed by atoms with Gasteiger partial charge in [-0.25, -0.2) is 4.79 Å². The van der Waals surface area contributed by atoms with Crippen molar-refractivity contribution in [2.45, 2.75) is 13.5 Å². The van der Waals surface area contributed by atoms with Crippen molar-refractivity contribution in [2.75, 3.05) is 12.2 Å². The largest absolute Gasteiger partial charge is 0.488 e. The van der Waals surface area contributed by atoms with E-state index in [1.54, 1.807) is 12.1 Å². The van der Waals surface area contributed by atoms with Gasteiger partial charge < -0.3 is 9.47 Å². The molecule has 1 amide bonds. The number of benzene rings is 2. The zero-order valence-electron chi connectivity index (χ0n) is 12.5. The van der Waals surface area contributed by atoms with Gasteiger partial charge in [-0.2, -0.15) is 5.06 Å². The van der Waals surface area contributed by atoms with Crippen molar-refractivity contribution in [1.82, 2.24) is 0 Å². The Morgan fingerprint density at radius 2 is 2.09 bits per heavy atom. The first kappa shape index (κ1) is 18.0. The van der Waals surface area contributed by atoms with Crippen molar-refractivity contribution in [3.05, 3.63) is 55.6 Å². The number of aryl methyl sites for hydroxylation is 1. The highest BCUT2D eigenvalue weighted by Crippen LogP contribution is 2.30. The number of amides is 1. The highest BCUT2D eigenvalue weighted by atomic mass is 127. The van der Waals surface area contributed by atoms with Crippen LogP contribution in [0.3, 0.4) is 0 Å². The van der Waals surface area contributed by atoms with Crippen LogP contribution >= 0.6 is 38.5 Å². The lowest BCUT2D eigenvalue weighted by molar-refractivity contribution is 0.140. The SMILES string of the molecule is COC(=O)N(O)c1cccc(I)c1COc1ccc(C)cc1Br. The van der Waals surface area contributed by atoms with Gasteiger partial charge in [-0.1, -0.05) is 12.1 Å². The number of anilines is 1. The molecule has 0 aliphatic heterocycles. The van der Waals surface area contributed by atoms with Crippen LogP contribution in [-0.2, 0) is 11.3 Å². The highest BCUT2D eigenvalue weighted by molar-refractivity contribution is 14.1. The van der Waals surface area contributed by atoms with Crippen molar-refractivity contribution in [3.8, 4) is 5.75 Å². The molecule has 0 saturated carbocycles. The van der Waals surface area contributed by atoms with Crippen LogP contribution in [0.5, 0.6) is 5.75 Å². The van der Waals surface area contributed by atoms with E-state index in [0.717, 1.165) is 13.6 Å². The minimum absolute atomic E-state index is 0.199. The van der Waals surface area contributed by atoms with Gasteiger partial charge >= 0.3 is 6.09 Å². The number of nitrogens with zero attached hydrogens (tertiary/aromatic N) is 1. The molecule has 2 rings (SSSR count). The molecular formula is C16H15BrINO4. The second-order valence-corrected chi connectivity index (χ2v) is 6.76. The molecule has 0 fully saturated rings. The van der Waals surface area contributed by atoms with E-state index in [9.17, 15) is 10.0 Å². The standard InChI is InChI=1S/C16H15BrINO4/c1-10-6-7-15(12(17)8-10)23-9-11-13(18)4-3-5-14(11)19(21)16(20)22-2/h3-8,21H,9H2,1-2H3. The third-order valence-electron chi connectivity index (χ3n) is 3.13. The predicted octanol–water partition coefficient (Wildman–Crippen LogP) is 4.90. The minimum atomic E-state index is -0.857. The third-order valence-corrected chi connectivity index (χ3v) is 4.76. The van der Waals surface area contributed by atoms with Crippen LogP contribution in [0.1, 0.15) is 11.1 Å². The number of methoxy groups -OCH3 is 1. The van der Waals surface area contributed by atoms with Crippen molar-refractivity contribution in [2.24, 2.45) is 0 Å². The Labute approximate surface area is 156 Å². The van der Waals surface area contributed by atoms with E-state index >= 15 is 0 Å². The van der Waals surface area contributed by atoms with Crippen LogP contribution in [0, 0.1) is 10.5 Å². The molecule has 0 spiro atoms. The van der Waals surface area contributed by atoms with Crippen LogP contribution in [-0.4, -0.2) is 18.4 Å². The summed E-state index contributed by atoms with van der Waals surface area (Å²) in [5, 5.41) is 10.5. The summed E-state index contributed by atoms with van der Waals surface area (Å²) in [4.78, 5) is 11.5. The van der Waals surface area contributed by atoms with E-state index in [4.69, 9.17) is 4.74 Å². The normalized spacial score (nSPS) is 10.3. The number of carbonyl (C=O) groups is 1. The number of hydroxylamine groups is 1. The summed E-state index contributed by atoms with van der Waals surface area (Å²) >= 11 is 5.59. The molecule has 0 radical (unpaired) electrons. The summed E-state index contributed by atoms with van der Waals surface area (Å²) < 4.78 is 12.1. The van der Waals surface area contributed by atoms with E-state index in [-0.39, 0.29) is 6.61 Å². The van der Waals surface area contributed by atoms with Crippen molar-refractivity contribution in [1.29, 1.82) is 0 Å². The Kier molecular flexibility index (Phi) is 6.25. The summed E-state index contributed by atoms with van der Waals surface area (Å²) in [7, 11) is 1.21. The molecular weight excluding hydrogens is 477 g/mol. The number of halogens is 2. The lowest BCUT2D eigenvalue weighted by Crippen LogP contribution is -2.28. The molecule has 0 aromatic heterocycles. The fourth-order valence-electron chi connectivity index (χ4n) is 1.95. The molecule has 5 nitrogen and oxygen atoms in total. The molecule has 23 heavy (non-hydrogen) atoms. The van der Waals surface area contributed by atoms with Gasteiger partial charge in [-0.05, 0) is 75.3 Å². The van der Waals surface area contributed by atoms with Gasteiger partial charge in [0.25, 0.3) is 0 Å². The molecule has 7 heteroatoms. The molecule has 0 aliphatic rings. The number of ether oxygens (including phenoxy) is 2. The Balaban J connectivity index is 2.27. The lowest BCUT2D eigenvalue weighted by atomic mass is 10.2. The molecule has 0 bridgehead atoms. The number of carbonyl (C=O) groups excluding carboxylic acids is 1. The van der Waals surface area contributed by atoms with Gasteiger partial charge in [0, 0.05) is 9.13 Å². The Bertz CT molecular complexity index is 723. The number of rotatable bonds is 4. The summed E-state index contributed by atoms with van der Waals surface area (Å²) in [5.74, 6) is 0.684. The smallest absolute Gasteiger partial charge is 0.438 e. The fraction of sp³-hybridized carbons (Fsp3) is 0.188. The summed E-state index contributed by atoms with van der Waals surface area (Å²) in [5.41, 5.74) is 2.13. The molecule has 0 unspecified atom stereocenters. The Morgan fingerprint density at radius 1 is 1.35 bits per heavy atom. The average molecular weight is 492 g/mol. The molecule has 122 valence electrons. The predicted molar refractivity (Wildman–Crippen MR) is 99.0 cm³/mol. The van der Waals surface area contributed by atoms with Gasteiger partial charge in [-0.15, -0.1) is 0 Å². The number of hydrogen-bond donors (Lipinski definition) is 1. The summed E-state index contributed by atoms with van der Waals surface area (Å²) in [6.45, 7) is 2.19. The van der Waals surface area contributed by atoms with Crippen molar-refractivity contribution < 1.29 is 19.5 Å². The monoisotopic (exact) mass is 491 g/mol. The maximum Gasteiger partial charge on any atom is 0.438 e. The third kappa shape index (κ3) is 4.36. The number of hydrogen-bond acceptors (Lipinski definition) is 4. The average Bonchev–Trinajstić information content (AvgIpc) is 2.53. The van der Waals surface area contributed by atoms with Gasteiger partial charge in [0.2, 0.25) is 0 Å². The summed E-state index contributed by atoms with van der Waals surface area (Å²) in [6.07, 6.45) is -0.857. The second-order valence-electron chi connectivity index (χ2n) is 4.74. The zero-order chi connectivity index (χ0) is 17.0. The maximum absolute atomic E-state index is 11.5. The van der Waals surface area contributed by atoms with E-state index in [1.807, 2.05) is 31.2 Å². The molecule has 1 N–H and O–H groups in total. The van der Waals surface area contributed by atoms with Crippen LogP contribution in [0.15, 0.2) is 40.9 Å². The van der Waals surface area contributed by atoms with E-state index in [2.05, 4.69) is 43.3 Å². The Morgan fingerprint density at radius 3 is 2.74 bits per heavy atom. The maximum atomic E-state index is 11.5. The van der Waals surface area contributed by atoms with Gasteiger partial charge in [0.1, 0.15) is 12.4 Å². The van der Waals surface area contributed by atoms with Gasteiger partial charge in [0.15, 0.2) is 0 Å². The van der Waals surface area contributed by atoms with Gasteiger partial charge in [0.05, 0.1) is 17.3 Å². The molecule has 0 heterocycles. The summed E-state index contributed by atoms with van der Waals surface area (Å²) in [6, 6.07) is 11.0. The second kappa shape index (κ2) is 7.98. The Hall–Kier alpha value is -1.32. The van der Waals surface area contributed by atoms with E-state index < -0.39 is 6.09 Å². The molecule has 0 saturated heterocycles. The van der Waals surface area contributed by atoms with Crippen LogP contribution in [0.2, 0.25) is 0 Å². The topological polar surface area (TPSA) is 59.0 Å². The van der Waals surface area contributed by atoms with Crippen LogP contribution < -0.4 is 9.80 Å². The quantitative estimate of drug-likeness (QED) is 0.375. The molecule has 0 atom stereocenters. The highest BCUT2D eigenvalue weighted by Gasteiger charge is 2.19. The first-order valence-electron chi connectivity index (χ1n) is 6.67. The van der Waals surface area contributed by atoms with Crippen LogP contribution in [0.25, 0.3) is 0 Å². The molecule has 0 aliphatic carbocycles. The fourth-order valence-corrected chi connectivity index (χ4v) is 3.19. The van der Waals surface area contributed by atoms with Crippen molar-refractivity contribution in [3.63, 3.8) is 0 Å².